The van der Waals surface area contributed by atoms with Crippen LogP contribution in [0.15, 0.2) is 42.6 Å². The van der Waals surface area contributed by atoms with E-state index in [4.69, 9.17) is 23.8 Å². The van der Waals surface area contributed by atoms with E-state index < -0.39 is 5.82 Å². The first kappa shape index (κ1) is 26.2. The number of carbonyl (C=O) groups excluding carboxylic acids is 1. The van der Waals surface area contributed by atoms with Crippen molar-refractivity contribution in [2.75, 3.05) is 37.3 Å². The first-order valence-corrected chi connectivity index (χ1v) is 12.6. The van der Waals surface area contributed by atoms with Crippen molar-refractivity contribution in [3.05, 3.63) is 58.1 Å². The van der Waals surface area contributed by atoms with Gasteiger partial charge in [-0.15, -0.1) is 0 Å². The van der Waals surface area contributed by atoms with Crippen LogP contribution in [0.25, 0.3) is 11.3 Å². The molecule has 190 valence electrons. The molecule has 0 radical (unpaired) electrons. The fraction of sp³-hybridized carbons (Fsp3) is 0.360. The Morgan fingerprint density at radius 1 is 1.28 bits per heavy atom. The Morgan fingerprint density at radius 2 is 2.08 bits per heavy atom. The highest BCUT2D eigenvalue weighted by Gasteiger charge is 2.37. The topological polar surface area (TPSA) is 98.0 Å². The summed E-state index contributed by atoms with van der Waals surface area (Å²) in [7, 11) is 1.95. The molecule has 8 nitrogen and oxygen atoms in total. The number of benzene rings is 1. The standard InChI is InChI=1S/C25H29ClFN7OS/c1-3-34(9-8-28-2)18-10-15(11-18)24(35)31-23-13-17(6-7-29-23)30-22-14-21(32-33-25(22)36)19-12-16(26)4-5-20(19)27/h4-7,12-15,18,28H,3,8-11H2,1-2H3,(H,33,36)(H2,29,30,31,32,35). The molecule has 4 rings (SSSR count). The summed E-state index contributed by atoms with van der Waals surface area (Å²) in [5, 5.41) is 16.6. The summed E-state index contributed by atoms with van der Waals surface area (Å²) >= 11 is 11.4. The molecule has 11 heteroatoms. The molecule has 1 fully saturated rings. The molecular formula is C25H29ClFN7OS. The van der Waals surface area contributed by atoms with Gasteiger partial charge in [-0.25, -0.2) is 9.37 Å². The fourth-order valence-electron chi connectivity index (χ4n) is 4.25. The van der Waals surface area contributed by atoms with Crippen LogP contribution in [0.5, 0.6) is 0 Å². The molecule has 1 saturated carbocycles. The van der Waals surface area contributed by atoms with Crippen molar-refractivity contribution in [2.24, 2.45) is 5.92 Å². The molecule has 3 aromatic rings. The molecule has 0 saturated heterocycles. The number of nitrogens with one attached hydrogen (secondary N) is 4. The van der Waals surface area contributed by atoms with Gasteiger partial charge in [-0.05, 0) is 56.8 Å². The Hall–Kier alpha value is -2.92. The molecular weight excluding hydrogens is 501 g/mol. The minimum Gasteiger partial charge on any atom is -0.353 e. The summed E-state index contributed by atoms with van der Waals surface area (Å²) in [6, 6.07) is 9.84. The number of hydrogen-bond acceptors (Lipinski definition) is 7. The highest BCUT2D eigenvalue weighted by atomic mass is 35.5. The van der Waals surface area contributed by atoms with Crippen molar-refractivity contribution in [2.45, 2.75) is 25.8 Å². The number of nitrogens with zero attached hydrogens (tertiary/aromatic N) is 3. The number of likely N-dealkylation sites (N-methyl/N-ethyl adjacent to an activating group) is 2. The van der Waals surface area contributed by atoms with Crippen LogP contribution in [-0.4, -0.2) is 58.7 Å². The van der Waals surface area contributed by atoms with Crippen LogP contribution in [0.1, 0.15) is 19.8 Å². The third-order valence-electron chi connectivity index (χ3n) is 6.35. The van der Waals surface area contributed by atoms with Crippen LogP contribution in [0.2, 0.25) is 5.02 Å². The van der Waals surface area contributed by atoms with Crippen molar-refractivity contribution in [3.63, 3.8) is 0 Å². The number of H-pyrrole nitrogens is 1. The van der Waals surface area contributed by atoms with Crippen LogP contribution in [0.3, 0.4) is 0 Å². The van der Waals surface area contributed by atoms with Gasteiger partial charge in [0.25, 0.3) is 0 Å². The smallest absolute Gasteiger partial charge is 0.228 e. The number of carbonyl (C=O) groups is 1. The molecule has 4 N–H and O–H groups in total. The molecule has 2 aromatic heterocycles. The Bertz CT molecular complexity index is 1280. The van der Waals surface area contributed by atoms with Gasteiger partial charge in [-0.3, -0.25) is 14.8 Å². The van der Waals surface area contributed by atoms with Crippen molar-refractivity contribution in [1.29, 1.82) is 0 Å². The van der Waals surface area contributed by atoms with Gasteiger partial charge in [0, 0.05) is 53.6 Å². The molecule has 0 aliphatic heterocycles. The lowest BCUT2D eigenvalue weighted by Crippen LogP contribution is -2.49. The Morgan fingerprint density at radius 3 is 2.83 bits per heavy atom. The summed E-state index contributed by atoms with van der Waals surface area (Å²) in [6.07, 6.45) is 3.29. The van der Waals surface area contributed by atoms with Crippen LogP contribution in [-0.2, 0) is 4.79 Å². The molecule has 0 spiro atoms. The van der Waals surface area contributed by atoms with Gasteiger partial charge < -0.3 is 16.0 Å². The highest BCUT2D eigenvalue weighted by Crippen LogP contribution is 2.33. The summed E-state index contributed by atoms with van der Waals surface area (Å²) in [5.41, 5.74) is 1.80. The van der Waals surface area contributed by atoms with Gasteiger partial charge >= 0.3 is 0 Å². The molecule has 0 atom stereocenters. The van der Waals surface area contributed by atoms with Gasteiger partial charge in [0.2, 0.25) is 5.91 Å². The van der Waals surface area contributed by atoms with Crippen molar-refractivity contribution in [1.82, 2.24) is 25.4 Å². The maximum atomic E-state index is 14.3. The number of aromatic amines is 1. The molecule has 1 amide bonds. The Kier molecular flexibility index (Phi) is 8.63. The summed E-state index contributed by atoms with van der Waals surface area (Å²) < 4.78 is 14.7. The average molecular weight is 530 g/mol. The largest absolute Gasteiger partial charge is 0.353 e. The SMILES string of the molecule is CCN(CCNC)C1CC(C(=O)Nc2cc(Nc3cc(-c4cc(Cl)ccc4F)n[nH]c3=S)ccn2)C1. The van der Waals surface area contributed by atoms with Crippen molar-refractivity contribution >= 4 is 46.9 Å². The second-order valence-electron chi connectivity index (χ2n) is 8.72. The minimum atomic E-state index is -0.445. The van der Waals surface area contributed by atoms with E-state index in [-0.39, 0.29) is 17.4 Å². The molecule has 2 heterocycles. The summed E-state index contributed by atoms with van der Waals surface area (Å²) in [6.45, 7) is 5.03. The first-order chi connectivity index (χ1) is 17.4. The number of amides is 1. The van der Waals surface area contributed by atoms with Crippen LogP contribution in [0, 0.1) is 16.4 Å². The van der Waals surface area contributed by atoms with Gasteiger partial charge in [0.15, 0.2) is 0 Å². The van der Waals surface area contributed by atoms with Crippen LogP contribution < -0.4 is 16.0 Å². The zero-order valence-corrected chi connectivity index (χ0v) is 21.7. The molecule has 0 bridgehead atoms. The predicted molar refractivity (Wildman–Crippen MR) is 144 cm³/mol. The fourth-order valence-corrected chi connectivity index (χ4v) is 4.57. The summed E-state index contributed by atoms with van der Waals surface area (Å²) in [5.74, 6) is -0.0534. The van der Waals surface area contributed by atoms with E-state index >= 15 is 0 Å². The van der Waals surface area contributed by atoms with Gasteiger partial charge in [-0.2, -0.15) is 5.10 Å². The molecule has 0 unspecified atom stereocenters. The summed E-state index contributed by atoms with van der Waals surface area (Å²) in [4.78, 5) is 19.5. The first-order valence-electron chi connectivity index (χ1n) is 11.9. The van der Waals surface area contributed by atoms with E-state index in [1.165, 1.54) is 18.2 Å². The van der Waals surface area contributed by atoms with E-state index in [2.05, 4.69) is 43.0 Å². The van der Waals surface area contributed by atoms with Crippen LogP contribution >= 0.6 is 23.8 Å². The lowest BCUT2D eigenvalue weighted by molar-refractivity contribution is -0.124. The Balaban J connectivity index is 1.41. The van der Waals surface area contributed by atoms with E-state index in [9.17, 15) is 9.18 Å². The quantitative estimate of drug-likeness (QED) is 0.274. The zero-order chi connectivity index (χ0) is 25.7. The lowest BCUT2D eigenvalue weighted by Gasteiger charge is -2.41. The van der Waals surface area contributed by atoms with E-state index in [1.54, 1.807) is 24.4 Å². The van der Waals surface area contributed by atoms with E-state index in [0.717, 1.165) is 32.5 Å². The van der Waals surface area contributed by atoms with E-state index in [1.807, 2.05) is 7.05 Å². The second-order valence-corrected chi connectivity index (χ2v) is 9.56. The average Bonchev–Trinajstić information content (AvgIpc) is 2.83. The van der Waals surface area contributed by atoms with Gasteiger partial charge in [0.1, 0.15) is 16.3 Å². The molecule has 36 heavy (non-hydrogen) atoms. The minimum absolute atomic E-state index is 0.0266. The number of pyridine rings is 1. The highest BCUT2D eigenvalue weighted by molar-refractivity contribution is 7.71. The predicted octanol–water partition coefficient (Wildman–Crippen LogP) is 5.00. The number of anilines is 3. The van der Waals surface area contributed by atoms with Gasteiger partial charge in [-0.1, -0.05) is 30.7 Å². The molecule has 1 aromatic carbocycles. The lowest BCUT2D eigenvalue weighted by atomic mass is 9.78. The number of aromatic nitrogens is 3. The monoisotopic (exact) mass is 529 g/mol. The van der Waals surface area contributed by atoms with Crippen LogP contribution in [0.4, 0.5) is 21.6 Å². The molecule has 1 aliphatic carbocycles. The number of rotatable bonds is 10. The van der Waals surface area contributed by atoms with E-state index in [0.29, 0.717) is 38.6 Å². The second kappa shape index (κ2) is 11.9. The van der Waals surface area contributed by atoms with Crippen molar-refractivity contribution < 1.29 is 9.18 Å². The number of hydrogen-bond donors (Lipinski definition) is 4. The maximum Gasteiger partial charge on any atom is 0.228 e. The van der Waals surface area contributed by atoms with Gasteiger partial charge in [0.05, 0.1) is 11.4 Å². The van der Waals surface area contributed by atoms with Crippen molar-refractivity contribution in [3.8, 4) is 11.3 Å². The Labute approximate surface area is 219 Å². The third-order valence-corrected chi connectivity index (χ3v) is 6.90. The number of halogens is 2. The maximum absolute atomic E-state index is 14.3. The normalized spacial score (nSPS) is 17.0. The molecule has 1 aliphatic rings. The zero-order valence-electron chi connectivity index (χ0n) is 20.1. The third kappa shape index (κ3) is 6.25.